The molecule has 314 valence electrons. The van der Waals surface area contributed by atoms with E-state index in [1.54, 1.807) is 18.2 Å². The Labute approximate surface area is 362 Å². The third kappa shape index (κ3) is 10.1. The number of phenolic OH excluding ortho intramolecular Hbond substituents is 1. The lowest BCUT2D eigenvalue weighted by molar-refractivity contribution is -0.142. The Morgan fingerprint density at radius 3 is 2.32 bits per heavy atom. The highest BCUT2D eigenvalue weighted by atomic mass is 16.5. The molecule has 5 N–H and O–H groups in total. The quantitative estimate of drug-likeness (QED) is 0.0464. The van der Waals surface area contributed by atoms with E-state index >= 15 is 0 Å². The Bertz CT molecular complexity index is 2610. The molecule has 0 aliphatic carbocycles. The molecule has 7 aromatic rings. The number of anilines is 1. The Kier molecular flexibility index (Phi) is 13.2. The number of hydrogen-bond donors (Lipinski definition) is 5. The van der Waals surface area contributed by atoms with Crippen LogP contribution in [-0.2, 0) is 38.0 Å². The fourth-order valence-electron chi connectivity index (χ4n) is 7.92. The first-order chi connectivity index (χ1) is 30.3. The SMILES string of the molecule is C=CCNN(NCc1ccccc1)[C@H]1CN(Cc2cccc3c(-c4ccc(C(=O)Nc5cccc(OCc6ccccc6)c5)cc4)cn(C)c23)C(=O)[C@H](Cc2ccc(O)cc2)N1. The summed E-state index contributed by atoms with van der Waals surface area (Å²) < 4.78 is 8.08. The van der Waals surface area contributed by atoms with Gasteiger partial charge in [0.1, 0.15) is 24.3 Å². The van der Waals surface area contributed by atoms with Gasteiger partial charge in [0, 0.05) is 61.1 Å². The number of nitrogens with zero attached hydrogens (tertiary/aromatic N) is 3. The molecule has 0 spiro atoms. The summed E-state index contributed by atoms with van der Waals surface area (Å²) in [5.41, 5.74) is 15.3. The summed E-state index contributed by atoms with van der Waals surface area (Å²) in [6.45, 7) is 6.24. The molecule has 62 heavy (non-hydrogen) atoms. The summed E-state index contributed by atoms with van der Waals surface area (Å²) in [5.74, 6) is 0.632. The number of phenols is 1. The lowest BCUT2D eigenvalue weighted by atomic mass is 10.00. The Morgan fingerprint density at radius 1 is 0.855 bits per heavy atom. The molecule has 1 aliphatic heterocycles. The number of fused-ring (bicyclic) bond motifs is 1. The molecular formula is C51H51N7O4. The van der Waals surface area contributed by atoms with Crippen LogP contribution in [0.4, 0.5) is 5.69 Å². The summed E-state index contributed by atoms with van der Waals surface area (Å²) in [7, 11) is 2.03. The smallest absolute Gasteiger partial charge is 0.255 e. The highest BCUT2D eigenvalue weighted by Gasteiger charge is 2.37. The van der Waals surface area contributed by atoms with Crippen molar-refractivity contribution < 1.29 is 19.4 Å². The first kappa shape index (κ1) is 41.7. The molecule has 0 unspecified atom stereocenters. The maximum atomic E-state index is 14.4. The van der Waals surface area contributed by atoms with Crippen molar-refractivity contribution >= 4 is 28.4 Å². The number of aryl methyl sites for hydroxylation is 1. The zero-order valence-electron chi connectivity index (χ0n) is 34.7. The standard InChI is InChI=1S/C51H51N7O4/c1-3-28-52-58(53-31-37-12-6-4-7-13-37)48-34-57(51(61)47(55-48)29-36-20-26-43(59)27-21-36)32-41-16-10-19-45-46(33-56(2)49(41)45)39-22-24-40(25-23-39)50(60)54-42-17-11-18-44(30-42)62-35-38-14-8-5-9-15-38/h3-27,30,33,47-48,52-53,55,59H,1,28-29,31-32,34-35H2,2H3,(H,54,60)/t47-,48-/m0/s1. The van der Waals surface area contributed by atoms with Crippen LogP contribution in [0.2, 0.25) is 0 Å². The van der Waals surface area contributed by atoms with Crippen LogP contribution in [0.15, 0.2) is 171 Å². The lowest BCUT2D eigenvalue weighted by Gasteiger charge is -2.43. The maximum absolute atomic E-state index is 14.4. The van der Waals surface area contributed by atoms with Gasteiger partial charge in [-0.3, -0.25) is 14.9 Å². The van der Waals surface area contributed by atoms with Crippen molar-refractivity contribution in [2.24, 2.45) is 7.05 Å². The van der Waals surface area contributed by atoms with E-state index in [1.165, 1.54) is 0 Å². The van der Waals surface area contributed by atoms with E-state index < -0.39 is 6.04 Å². The number of para-hydroxylation sites is 1. The van der Waals surface area contributed by atoms with Crippen LogP contribution in [0.25, 0.3) is 22.0 Å². The molecule has 1 aromatic heterocycles. The van der Waals surface area contributed by atoms with E-state index in [-0.39, 0.29) is 23.7 Å². The van der Waals surface area contributed by atoms with Gasteiger partial charge in [0.15, 0.2) is 0 Å². The number of carbonyl (C=O) groups is 2. The van der Waals surface area contributed by atoms with Crippen LogP contribution in [-0.4, -0.2) is 56.8 Å². The monoisotopic (exact) mass is 825 g/mol. The minimum atomic E-state index is -0.527. The molecule has 0 saturated carbocycles. The molecule has 2 heterocycles. The molecule has 2 atom stereocenters. The molecule has 1 aliphatic rings. The molecular weight excluding hydrogens is 775 g/mol. The van der Waals surface area contributed by atoms with Gasteiger partial charge in [0.25, 0.3) is 5.91 Å². The van der Waals surface area contributed by atoms with E-state index in [0.717, 1.165) is 44.3 Å². The van der Waals surface area contributed by atoms with Crippen molar-refractivity contribution in [1.82, 2.24) is 30.8 Å². The molecule has 11 nitrogen and oxygen atoms in total. The number of hydrogen-bond acceptors (Lipinski definition) is 8. The summed E-state index contributed by atoms with van der Waals surface area (Å²) in [4.78, 5) is 29.7. The fraction of sp³-hybridized carbons (Fsp3) is 0.176. The van der Waals surface area contributed by atoms with E-state index in [1.807, 2.05) is 132 Å². The molecule has 1 fully saturated rings. The van der Waals surface area contributed by atoms with Gasteiger partial charge in [-0.2, -0.15) is 5.12 Å². The van der Waals surface area contributed by atoms with Crippen LogP contribution < -0.4 is 26.2 Å². The second kappa shape index (κ2) is 19.6. The number of amides is 2. The van der Waals surface area contributed by atoms with Crippen LogP contribution >= 0.6 is 0 Å². The fourth-order valence-corrected chi connectivity index (χ4v) is 7.92. The van der Waals surface area contributed by atoms with Gasteiger partial charge in [-0.25, -0.2) is 10.9 Å². The minimum absolute atomic E-state index is 0.00667. The van der Waals surface area contributed by atoms with Crippen LogP contribution in [0.1, 0.15) is 32.6 Å². The average molecular weight is 826 g/mol. The molecule has 0 radical (unpaired) electrons. The molecule has 11 heteroatoms. The predicted molar refractivity (Wildman–Crippen MR) is 245 cm³/mol. The zero-order chi connectivity index (χ0) is 42.8. The maximum Gasteiger partial charge on any atom is 0.255 e. The summed E-state index contributed by atoms with van der Waals surface area (Å²) in [5, 5.41) is 19.6. The van der Waals surface area contributed by atoms with Gasteiger partial charge in [-0.15, -0.1) is 6.58 Å². The third-order valence-electron chi connectivity index (χ3n) is 11.0. The van der Waals surface area contributed by atoms with Gasteiger partial charge in [-0.1, -0.05) is 115 Å². The van der Waals surface area contributed by atoms with Crippen LogP contribution in [0.5, 0.6) is 11.5 Å². The van der Waals surface area contributed by atoms with E-state index in [9.17, 15) is 14.7 Å². The average Bonchev–Trinajstić information content (AvgIpc) is 3.65. The molecule has 1 saturated heterocycles. The zero-order valence-corrected chi connectivity index (χ0v) is 34.7. The summed E-state index contributed by atoms with van der Waals surface area (Å²) in [6.07, 6.45) is 4.06. The predicted octanol–water partition coefficient (Wildman–Crippen LogP) is 7.95. The largest absolute Gasteiger partial charge is 0.508 e. The lowest BCUT2D eigenvalue weighted by Crippen LogP contribution is -2.70. The summed E-state index contributed by atoms with van der Waals surface area (Å²) >= 11 is 0. The number of aromatic hydroxyl groups is 1. The second-order valence-electron chi connectivity index (χ2n) is 15.5. The van der Waals surface area contributed by atoms with Gasteiger partial charge >= 0.3 is 0 Å². The van der Waals surface area contributed by atoms with Crippen LogP contribution in [0, 0.1) is 0 Å². The second-order valence-corrected chi connectivity index (χ2v) is 15.5. The van der Waals surface area contributed by atoms with E-state index in [4.69, 9.17) is 4.74 Å². The third-order valence-corrected chi connectivity index (χ3v) is 11.0. The van der Waals surface area contributed by atoms with Gasteiger partial charge in [0.2, 0.25) is 5.91 Å². The highest BCUT2D eigenvalue weighted by molar-refractivity contribution is 6.05. The van der Waals surface area contributed by atoms with Crippen molar-refractivity contribution in [1.29, 1.82) is 0 Å². The van der Waals surface area contributed by atoms with Crippen molar-refractivity contribution in [2.75, 3.05) is 18.4 Å². The summed E-state index contributed by atoms with van der Waals surface area (Å²) in [6, 6.07) is 47.9. The van der Waals surface area contributed by atoms with Crippen molar-refractivity contribution in [3.05, 3.63) is 198 Å². The number of ether oxygens (including phenoxy) is 1. The number of aromatic nitrogens is 1. The van der Waals surface area contributed by atoms with Gasteiger partial charge in [0.05, 0.1) is 18.1 Å². The van der Waals surface area contributed by atoms with E-state index in [0.29, 0.717) is 56.2 Å². The normalized spacial score (nSPS) is 15.2. The van der Waals surface area contributed by atoms with E-state index in [2.05, 4.69) is 63.1 Å². The first-order valence-corrected chi connectivity index (χ1v) is 20.8. The molecule has 8 rings (SSSR count). The number of nitrogens with one attached hydrogen (secondary N) is 4. The van der Waals surface area contributed by atoms with Crippen molar-refractivity contribution in [3.8, 4) is 22.6 Å². The number of carbonyl (C=O) groups excluding carboxylic acids is 2. The Balaban J connectivity index is 1.00. The Morgan fingerprint density at radius 2 is 1.58 bits per heavy atom. The minimum Gasteiger partial charge on any atom is -0.508 e. The van der Waals surface area contributed by atoms with Gasteiger partial charge < -0.3 is 24.6 Å². The number of rotatable bonds is 17. The molecule has 2 amide bonds. The Hall–Kier alpha value is -7.02. The van der Waals surface area contributed by atoms with Crippen LogP contribution in [0.3, 0.4) is 0 Å². The molecule has 6 aromatic carbocycles. The number of benzene rings is 6. The van der Waals surface area contributed by atoms with Crippen molar-refractivity contribution in [2.45, 2.75) is 38.3 Å². The molecule has 0 bridgehead atoms. The number of piperazine rings is 1. The first-order valence-electron chi connectivity index (χ1n) is 20.8. The van der Waals surface area contributed by atoms with Gasteiger partial charge in [-0.05, 0) is 70.6 Å². The highest BCUT2D eigenvalue weighted by Crippen LogP contribution is 2.33. The van der Waals surface area contributed by atoms with Crippen molar-refractivity contribution in [3.63, 3.8) is 0 Å². The number of hydrazine groups is 2. The topological polar surface area (TPSA) is 123 Å².